The lowest BCUT2D eigenvalue weighted by Crippen LogP contribution is -2.48. The average molecular weight is 329 g/mol. The van der Waals surface area contributed by atoms with Crippen LogP contribution in [0.5, 0.6) is 0 Å². The van der Waals surface area contributed by atoms with Crippen LogP contribution in [0.1, 0.15) is 23.2 Å². The molecule has 126 valence electrons. The maximum absolute atomic E-state index is 12.5. The van der Waals surface area contributed by atoms with Crippen molar-refractivity contribution in [2.45, 2.75) is 18.9 Å². The number of aliphatic carboxylic acids is 1. The zero-order chi connectivity index (χ0) is 16.9. The standard InChI is InChI=1S/C18H19NO5/c20-17(19-16(18(21)22)15-5-2-7-23-11-15)13-4-1-3-12(9-13)14-6-8-24-10-14/h1,3-4,6,8-10,15-16H,2,5,7,11H2,(H,19,20)(H,21,22)/t15-,16-/m0/s1. The Balaban J connectivity index is 1.75. The topological polar surface area (TPSA) is 88.8 Å². The lowest BCUT2D eigenvalue weighted by molar-refractivity contribution is -0.142. The Bertz CT molecular complexity index is 704. The van der Waals surface area contributed by atoms with E-state index < -0.39 is 17.9 Å². The molecule has 0 spiro atoms. The summed E-state index contributed by atoms with van der Waals surface area (Å²) in [4.78, 5) is 24.0. The third kappa shape index (κ3) is 3.65. The number of nitrogens with one attached hydrogen (secondary N) is 1. The molecule has 24 heavy (non-hydrogen) atoms. The molecular formula is C18H19NO5. The van der Waals surface area contributed by atoms with E-state index in [0.717, 1.165) is 24.0 Å². The van der Waals surface area contributed by atoms with Crippen LogP contribution in [0.3, 0.4) is 0 Å². The molecule has 1 aromatic carbocycles. The lowest BCUT2D eigenvalue weighted by atomic mass is 9.93. The number of ether oxygens (including phenoxy) is 1. The van der Waals surface area contributed by atoms with Gasteiger partial charge in [-0.3, -0.25) is 4.79 Å². The van der Waals surface area contributed by atoms with Crippen LogP contribution in [-0.2, 0) is 9.53 Å². The van der Waals surface area contributed by atoms with E-state index in [1.807, 2.05) is 6.07 Å². The van der Waals surface area contributed by atoms with Gasteiger partial charge in [0.05, 0.1) is 19.1 Å². The summed E-state index contributed by atoms with van der Waals surface area (Å²) in [6.45, 7) is 0.996. The van der Waals surface area contributed by atoms with Crippen molar-refractivity contribution >= 4 is 11.9 Å². The molecule has 1 saturated heterocycles. The van der Waals surface area contributed by atoms with Crippen molar-refractivity contribution < 1.29 is 23.8 Å². The van der Waals surface area contributed by atoms with E-state index in [2.05, 4.69) is 5.32 Å². The van der Waals surface area contributed by atoms with Crippen molar-refractivity contribution in [3.63, 3.8) is 0 Å². The molecule has 2 N–H and O–H groups in total. The second-order valence-corrected chi connectivity index (χ2v) is 5.86. The van der Waals surface area contributed by atoms with E-state index in [1.54, 1.807) is 36.8 Å². The number of carboxylic acids is 1. The first-order chi connectivity index (χ1) is 11.6. The molecule has 1 aliphatic rings. The van der Waals surface area contributed by atoms with Crippen molar-refractivity contribution in [2.75, 3.05) is 13.2 Å². The van der Waals surface area contributed by atoms with Crippen molar-refractivity contribution in [3.8, 4) is 11.1 Å². The highest BCUT2D eigenvalue weighted by molar-refractivity contribution is 5.97. The van der Waals surface area contributed by atoms with E-state index in [-0.39, 0.29) is 5.92 Å². The van der Waals surface area contributed by atoms with Crippen LogP contribution in [0.15, 0.2) is 47.3 Å². The first-order valence-corrected chi connectivity index (χ1v) is 7.89. The third-order valence-corrected chi connectivity index (χ3v) is 4.20. The molecule has 6 heteroatoms. The molecule has 2 atom stereocenters. The van der Waals surface area contributed by atoms with Gasteiger partial charge in [0.15, 0.2) is 0 Å². The molecule has 6 nitrogen and oxygen atoms in total. The molecule has 2 aromatic rings. The van der Waals surface area contributed by atoms with Crippen LogP contribution in [0, 0.1) is 5.92 Å². The van der Waals surface area contributed by atoms with Crippen LogP contribution < -0.4 is 5.32 Å². The Hall–Kier alpha value is -2.60. The van der Waals surface area contributed by atoms with E-state index in [1.165, 1.54) is 0 Å². The van der Waals surface area contributed by atoms with Crippen LogP contribution in [0.4, 0.5) is 0 Å². The van der Waals surface area contributed by atoms with Gasteiger partial charge in [-0.25, -0.2) is 4.79 Å². The van der Waals surface area contributed by atoms with Gasteiger partial charge in [-0.05, 0) is 36.6 Å². The van der Waals surface area contributed by atoms with Gasteiger partial charge in [0.2, 0.25) is 0 Å². The highest BCUT2D eigenvalue weighted by Gasteiger charge is 2.31. The van der Waals surface area contributed by atoms with Crippen molar-refractivity contribution in [2.24, 2.45) is 5.92 Å². The first-order valence-electron chi connectivity index (χ1n) is 7.89. The maximum atomic E-state index is 12.5. The predicted octanol–water partition coefficient (Wildman–Crippen LogP) is 2.56. The molecule has 1 aromatic heterocycles. The number of carbonyl (C=O) groups excluding carboxylic acids is 1. The summed E-state index contributed by atoms with van der Waals surface area (Å²) in [6, 6.07) is 7.86. The van der Waals surface area contributed by atoms with Crippen LogP contribution in [0.25, 0.3) is 11.1 Å². The molecule has 0 bridgehead atoms. The minimum Gasteiger partial charge on any atom is -0.480 e. The van der Waals surface area contributed by atoms with Crippen LogP contribution in [-0.4, -0.2) is 36.2 Å². The summed E-state index contributed by atoms with van der Waals surface area (Å²) in [5.74, 6) is -1.65. The normalized spacial score (nSPS) is 18.8. The summed E-state index contributed by atoms with van der Waals surface area (Å²) in [7, 11) is 0. The predicted molar refractivity (Wildman–Crippen MR) is 86.6 cm³/mol. The number of furan rings is 1. The summed E-state index contributed by atoms with van der Waals surface area (Å²) in [5, 5.41) is 12.1. The molecule has 3 rings (SSSR count). The number of hydrogen-bond donors (Lipinski definition) is 2. The summed E-state index contributed by atoms with van der Waals surface area (Å²) < 4.78 is 10.4. The van der Waals surface area contributed by atoms with E-state index >= 15 is 0 Å². The number of hydrogen-bond acceptors (Lipinski definition) is 4. The summed E-state index contributed by atoms with van der Waals surface area (Å²) in [5.41, 5.74) is 2.11. The molecule has 1 amide bonds. The number of rotatable bonds is 5. The minimum absolute atomic E-state index is 0.211. The molecule has 1 fully saturated rings. The quantitative estimate of drug-likeness (QED) is 0.880. The van der Waals surface area contributed by atoms with Crippen LogP contribution in [0.2, 0.25) is 0 Å². The Kier molecular flexibility index (Phi) is 4.96. The van der Waals surface area contributed by atoms with Crippen molar-refractivity contribution in [1.29, 1.82) is 0 Å². The third-order valence-electron chi connectivity index (χ3n) is 4.20. The monoisotopic (exact) mass is 329 g/mol. The minimum atomic E-state index is -1.04. The zero-order valence-corrected chi connectivity index (χ0v) is 13.1. The Morgan fingerprint density at radius 1 is 1.25 bits per heavy atom. The second kappa shape index (κ2) is 7.31. The maximum Gasteiger partial charge on any atom is 0.326 e. The van der Waals surface area contributed by atoms with Crippen LogP contribution >= 0.6 is 0 Å². The molecule has 2 heterocycles. The summed E-state index contributed by atoms with van der Waals surface area (Å²) >= 11 is 0. The fourth-order valence-corrected chi connectivity index (χ4v) is 2.90. The Labute approximate surface area is 139 Å². The van der Waals surface area contributed by atoms with Gasteiger partial charge in [-0.15, -0.1) is 0 Å². The number of carbonyl (C=O) groups is 2. The fourth-order valence-electron chi connectivity index (χ4n) is 2.90. The van der Waals surface area contributed by atoms with Gasteiger partial charge < -0.3 is 19.6 Å². The van der Waals surface area contributed by atoms with Gasteiger partial charge in [0.25, 0.3) is 5.91 Å². The van der Waals surface area contributed by atoms with Gasteiger partial charge in [-0.2, -0.15) is 0 Å². The lowest BCUT2D eigenvalue weighted by Gasteiger charge is -2.28. The highest BCUT2D eigenvalue weighted by atomic mass is 16.5. The smallest absolute Gasteiger partial charge is 0.326 e. The Morgan fingerprint density at radius 2 is 2.12 bits per heavy atom. The fraction of sp³-hybridized carbons (Fsp3) is 0.333. The van der Waals surface area contributed by atoms with E-state index in [9.17, 15) is 14.7 Å². The second-order valence-electron chi connectivity index (χ2n) is 5.86. The molecule has 0 saturated carbocycles. The van der Waals surface area contributed by atoms with Gasteiger partial charge >= 0.3 is 5.97 Å². The number of amides is 1. The van der Waals surface area contributed by atoms with Crippen molar-refractivity contribution in [3.05, 3.63) is 48.4 Å². The van der Waals surface area contributed by atoms with E-state index in [4.69, 9.17) is 9.15 Å². The van der Waals surface area contributed by atoms with Gasteiger partial charge in [0, 0.05) is 23.7 Å². The molecule has 0 radical (unpaired) electrons. The van der Waals surface area contributed by atoms with E-state index in [0.29, 0.717) is 18.8 Å². The Morgan fingerprint density at radius 3 is 2.79 bits per heavy atom. The summed E-state index contributed by atoms with van der Waals surface area (Å²) in [6.07, 6.45) is 4.69. The SMILES string of the molecule is O=C(N[C@H](C(=O)O)[C@H]1CCCOC1)c1cccc(-c2ccoc2)c1. The molecular weight excluding hydrogens is 310 g/mol. The average Bonchev–Trinajstić information content (AvgIpc) is 3.15. The van der Waals surface area contributed by atoms with Gasteiger partial charge in [0.1, 0.15) is 6.04 Å². The molecule has 0 unspecified atom stereocenters. The number of carboxylic acid groups (broad SMARTS) is 1. The number of benzene rings is 1. The van der Waals surface area contributed by atoms with Crippen molar-refractivity contribution in [1.82, 2.24) is 5.32 Å². The van der Waals surface area contributed by atoms with Gasteiger partial charge in [-0.1, -0.05) is 12.1 Å². The molecule has 1 aliphatic heterocycles. The zero-order valence-electron chi connectivity index (χ0n) is 13.1. The highest BCUT2D eigenvalue weighted by Crippen LogP contribution is 2.22. The first kappa shape index (κ1) is 16.3. The molecule has 0 aliphatic carbocycles. The largest absolute Gasteiger partial charge is 0.480 e.